The van der Waals surface area contributed by atoms with Crippen molar-refractivity contribution in [2.45, 2.75) is 38.6 Å². The topological polar surface area (TPSA) is 126 Å². The summed E-state index contributed by atoms with van der Waals surface area (Å²) in [6.45, 7) is 6.47. The molecule has 1 saturated heterocycles. The molecule has 0 radical (unpaired) electrons. The number of ketones is 1. The van der Waals surface area contributed by atoms with E-state index in [9.17, 15) is 24.8 Å². The van der Waals surface area contributed by atoms with E-state index in [4.69, 9.17) is 4.74 Å². The number of nitrogens with zero attached hydrogens (tertiary/aromatic N) is 2. The summed E-state index contributed by atoms with van der Waals surface area (Å²) >= 11 is 0. The summed E-state index contributed by atoms with van der Waals surface area (Å²) in [7, 11) is 1.60. The Morgan fingerprint density at radius 2 is 1.80 bits per heavy atom. The number of aromatic nitrogens is 1. The van der Waals surface area contributed by atoms with Gasteiger partial charge >= 0.3 is 0 Å². The molecule has 1 fully saturated rings. The number of nitro groups is 1. The van der Waals surface area contributed by atoms with Gasteiger partial charge in [0.2, 0.25) is 0 Å². The first-order valence-corrected chi connectivity index (χ1v) is 13.3. The molecule has 0 saturated carbocycles. The Bertz CT molecular complexity index is 1690. The predicted molar refractivity (Wildman–Crippen MR) is 156 cm³/mol. The molecular formula is C32H31N3O6. The summed E-state index contributed by atoms with van der Waals surface area (Å²) < 4.78 is 5.37. The van der Waals surface area contributed by atoms with Gasteiger partial charge in [0, 0.05) is 41.3 Å². The summed E-state index contributed by atoms with van der Waals surface area (Å²) in [6.07, 6.45) is 2.31. The molecule has 1 atom stereocenters. The van der Waals surface area contributed by atoms with Gasteiger partial charge in [-0.2, -0.15) is 0 Å². The van der Waals surface area contributed by atoms with E-state index in [1.807, 2.05) is 48.7 Å². The first-order chi connectivity index (χ1) is 19.5. The average molecular weight is 554 g/mol. The second-order valence-corrected chi connectivity index (χ2v) is 11.1. The van der Waals surface area contributed by atoms with E-state index >= 15 is 0 Å². The zero-order chi connectivity index (χ0) is 29.5. The smallest absolute Gasteiger partial charge is 0.295 e. The number of methoxy groups -OCH3 is 1. The Morgan fingerprint density at radius 1 is 1.07 bits per heavy atom. The number of ether oxygens (including phenoxy) is 1. The monoisotopic (exact) mass is 553 g/mol. The van der Waals surface area contributed by atoms with Crippen molar-refractivity contribution < 1.29 is 24.4 Å². The number of non-ortho nitro benzene ring substituents is 1. The Morgan fingerprint density at radius 3 is 2.46 bits per heavy atom. The van der Waals surface area contributed by atoms with Gasteiger partial charge in [0.25, 0.3) is 17.4 Å². The fourth-order valence-electron chi connectivity index (χ4n) is 5.28. The van der Waals surface area contributed by atoms with E-state index in [0.29, 0.717) is 17.7 Å². The molecular weight excluding hydrogens is 522 g/mol. The highest BCUT2D eigenvalue weighted by molar-refractivity contribution is 6.46. The van der Waals surface area contributed by atoms with Crippen molar-refractivity contribution in [2.75, 3.05) is 13.7 Å². The van der Waals surface area contributed by atoms with Gasteiger partial charge in [-0.15, -0.1) is 0 Å². The van der Waals surface area contributed by atoms with Gasteiger partial charge in [0.05, 0.1) is 23.6 Å². The molecule has 1 aliphatic heterocycles. The largest absolute Gasteiger partial charge is 0.507 e. The lowest BCUT2D eigenvalue weighted by Gasteiger charge is -2.26. The maximum Gasteiger partial charge on any atom is 0.295 e. The quantitative estimate of drug-likeness (QED) is 0.0944. The number of likely N-dealkylation sites (tertiary alicyclic amines) is 1. The fourth-order valence-corrected chi connectivity index (χ4v) is 5.28. The maximum atomic E-state index is 13.5. The number of amides is 1. The van der Waals surface area contributed by atoms with Crippen LogP contribution in [-0.2, 0) is 21.4 Å². The van der Waals surface area contributed by atoms with Crippen LogP contribution in [0.3, 0.4) is 0 Å². The molecule has 9 nitrogen and oxygen atoms in total. The first-order valence-electron chi connectivity index (χ1n) is 13.3. The van der Waals surface area contributed by atoms with E-state index in [1.165, 1.54) is 29.2 Å². The third-order valence-electron chi connectivity index (χ3n) is 7.56. The summed E-state index contributed by atoms with van der Waals surface area (Å²) in [6, 6.07) is 17.9. The molecule has 0 unspecified atom stereocenters. The van der Waals surface area contributed by atoms with Crippen LogP contribution in [-0.4, -0.2) is 45.3 Å². The Kier molecular flexibility index (Phi) is 7.13. The number of aliphatic hydroxyl groups excluding tert-OH is 1. The number of fused-ring (bicyclic) bond motifs is 1. The van der Waals surface area contributed by atoms with Crippen LogP contribution in [0, 0.1) is 10.1 Å². The zero-order valence-corrected chi connectivity index (χ0v) is 23.3. The van der Waals surface area contributed by atoms with Crippen LogP contribution >= 0.6 is 0 Å². The van der Waals surface area contributed by atoms with Crippen molar-refractivity contribution in [3.8, 4) is 5.75 Å². The lowest BCUT2D eigenvalue weighted by molar-refractivity contribution is -0.384. The van der Waals surface area contributed by atoms with Crippen molar-refractivity contribution in [2.24, 2.45) is 0 Å². The molecule has 1 amide bonds. The van der Waals surface area contributed by atoms with Gasteiger partial charge < -0.3 is 19.7 Å². The van der Waals surface area contributed by atoms with E-state index in [2.05, 4.69) is 25.8 Å². The van der Waals surface area contributed by atoms with Crippen LogP contribution in [0.1, 0.15) is 49.1 Å². The minimum absolute atomic E-state index is 0.0947. The molecule has 1 aliphatic rings. The maximum absolute atomic E-state index is 13.5. The van der Waals surface area contributed by atoms with Crippen LogP contribution in [0.25, 0.3) is 16.7 Å². The van der Waals surface area contributed by atoms with Crippen LogP contribution in [0.4, 0.5) is 5.69 Å². The molecule has 2 N–H and O–H groups in total. The molecule has 1 aromatic heterocycles. The lowest BCUT2D eigenvalue weighted by Crippen LogP contribution is -2.31. The summed E-state index contributed by atoms with van der Waals surface area (Å²) in [4.78, 5) is 42.4. The molecule has 9 heteroatoms. The number of aliphatic hydroxyl groups is 1. The fraction of sp³-hybridized carbons (Fsp3) is 0.250. The SMILES string of the molecule is COc1ccc2[nH]cc(CCN3C(=O)C(=O)C(=C(O)c4cccc([N+](=O)[O-])c4)[C@@H]3c3ccc(C(C)(C)C)cc3)c2c1. The highest BCUT2D eigenvalue weighted by atomic mass is 16.6. The lowest BCUT2D eigenvalue weighted by atomic mass is 9.85. The van der Waals surface area contributed by atoms with Gasteiger partial charge in [-0.25, -0.2) is 0 Å². The third kappa shape index (κ3) is 5.18. The van der Waals surface area contributed by atoms with Gasteiger partial charge in [-0.3, -0.25) is 19.7 Å². The number of hydrogen-bond acceptors (Lipinski definition) is 6. The average Bonchev–Trinajstić information content (AvgIpc) is 3.48. The highest BCUT2D eigenvalue weighted by Crippen LogP contribution is 2.40. The third-order valence-corrected chi connectivity index (χ3v) is 7.56. The summed E-state index contributed by atoms with van der Waals surface area (Å²) in [5.41, 5.74) is 3.25. The van der Waals surface area contributed by atoms with E-state index in [0.717, 1.165) is 22.0 Å². The normalized spacial score (nSPS) is 16.9. The molecule has 5 rings (SSSR count). The van der Waals surface area contributed by atoms with Crippen molar-refractivity contribution in [3.05, 3.63) is 111 Å². The second kappa shape index (κ2) is 10.6. The number of carbonyl (C=O) groups is 2. The second-order valence-electron chi connectivity index (χ2n) is 11.1. The molecule has 2 heterocycles. The summed E-state index contributed by atoms with van der Waals surface area (Å²) in [5.74, 6) is -1.32. The Balaban J connectivity index is 1.58. The Hall–Kier alpha value is -4.92. The van der Waals surface area contributed by atoms with E-state index in [-0.39, 0.29) is 28.8 Å². The molecule has 210 valence electrons. The predicted octanol–water partition coefficient (Wildman–Crippen LogP) is 6.05. The number of carbonyl (C=O) groups excluding carboxylic acids is 2. The van der Waals surface area contributed by atoms with Crippen molar-refractivity contribution in [1.29, 1.82) is 0 Å². The number of Topliss-reactive ketones (excluding diaryl/α,β-unsaturated/α-hetero) is 1. The van der Waals surface area contributed by atoms with Gasteiger partial charge in [0.1, 0.15) is 11.5 Å². The van der Waals surface area contributed by atoms with Crippen LogP contribution in [0.15, 0.2) is 78.5 Å². The zero-order valence-electron chi connectivity index (χ0n) is 23.3. The molecule has 3 aromatic carbocycles. The van der Waals surface area contributed by atoms with E-state index in [1.54, 1.807) is 7.11 Å². The standard InChI is InChI=1S/C32H31N3O6/c1-32(2,3)22-10-8-19(9-11-22)28-27(29(36)20-6-5-7-23(16-20)35(39)40)30(37)31(38)34(28)15-14-21-18-33-26-13-12-24(41-4)17-25(21)26/h5-13,16-18,28,33,36H,14-15H2,1-4H3/t28-/m0/s1. The number of rotatable bonds is 7. The van der Waals surface area contributed by atoms with Crippen LogP contribution < -0.4 is 4.74 Å². The van der Waals surface area contributed by atoms with Crippen molar-refractivity contribution in [1.82, 2.24) is 9.88 Å². The molecule has 0 spiro atoms. The Labute approximate surface area is 237 Å². The summed E-state index contributed by atoms with van der Waals surface area (Å²) in [5, 5.41) is 23.6. The van der Waals surface area contributed by atoms with Gasteiger partial charge in [-0.05, 0) is 46.7 Å². The number of aromatic amines is 1. The number of nitro benzene ring substituents is 1. The highest BCUT2D eigenvalue weighted by Gasteiger charge is 2.46. The van der Waals surface area contributed by atoms with Crippen LogP contribution in [0.5, 0.6) is 5.75 Å². The first kappa shape index (κ1) is 27.6. The minimum atomic E-state index is -0.872. The van der Waals surface area contributed by atoms with Gasteiger partial charge in [0.15, 0.2) is 0 Å². The van der Waals surface area contributed by atoms with Gasteiger partial charge in [-0.1, -0.05) is 57.2 Å². The van der Waals surface area contributed by atoms with Crippen molar-refractivity contribution in [3.63, 3.8) is 0 Å². The van der Waals surface area contributed by atoms with Crippen LogP contribution in [0.2, 0.25) is 0 Å². The number of nitrogens with one attached hydrogen (secondary N) is 1. The number of benzene rings is 3. The molecule has 41 heavy (non-hydrogen) atoms. The van der Waals surface area contributed by atoms with Crippen molar-refractivity contribution >= 4 is 34.0 Å². The molecule has 0 aliphatic carbocycles. The molecule has 4 aromatic rings. The number of H-pyrrole nitrogens is 1. The minimum Gasteiger partial charge on any atom is -0.507 e. The number of hydrogen-bond donors (Lipinski definition) is 2. The van der Waals surface area contributed by atoms with E-state index < -0.39 is 28.4 Å². The molecule has 0 bridgehead atoms.